The van der Waals surface area contributed by atoms with Crippen LogP contribution in [0.4, 0.5) is 14.9 Å². The number of carbonyl (C=O) groups is 1. The zero-order valence-electron chi connectivity index (χ0n) is 12.1. The fourth-order valence-electron chi connectivity index (χ4n) is 2.90. The predicted molar refractivity (Wildman–Crippen MR) is 80.0 cm³/mol. The Hall–Kier alpha value is -1.82. The highest BCUT2D eigenvalue weighted by Crippen LogP contribution is 2.20. The second-order valence-electron chi connectivity index (χ2n) is 5.45. The second kappa shape index (κ2) is 6.30. The summed E-state index contributed by atoms with van der Waals surface area (Å²) in [5.41, 5.74) is 0.631. The summed E-state index contributed by atoms with van der Waals surface area (Å²) in [6.07, 6.45) is 0. The molecular weight excluding hydrogens is 271 g/mol. The Kier molecular flexibility index (Phi) is 4.24. The quantitative estimate of drug-likeness (QED) is 0.838. The van der Waals surface area contributed by atoms with Crippen LogP contribution < -0.4 is 10.2 Å². The summed E-state index contributed by atoms with van der Waals surface area (Å²) >= 11 is 0. The Balaban J connectivity index is 1.57. The van der Waals surface area contributed by atoms with Gasteiger partial charge in [0, 0.05) is 52.4 Å². The van der Waals surface area contributed by atoms with E-state index in [1.165, 1.54) is 6.07 Å². The van der Waals surface area contributed by atoms with Crippen molar-refractivity contribution in [2.24, 2.45) is 0 Å². The van der Waals surface area contributed by atoms with Gasteiger partial charge in [0.2, 0.25) is 0 Å². The van der Waals surface area contributed by atoms with Gasteiger partial charge in [-0.15, -0.1) is 0 Å². The fraction of sp³-hybridized carbons (Fsp3) is 0.533. The van der Waals surface area contributed by atoms with Crippen LogP contribution in [0.3, 0.4) is 0 Å². The summed E-state index contributed by atoms with van der Waals surface area (Å²) in [4.78, 5) is 18.2. The highest BCUT2D eigenvalue weighted by atomic mass is 19.1. The van der Waals surface area contributed by atoms with Crippen LogP contribution in [0.15, 0.2) is 24.3 Å². The molecule has 2 aliphatic rings. The Labute approximate surface area is 124 Å². The Morgan fingerprint density at radius 1 is 0.952 bits per heavy atom. The number of nitrogens with zero attached hydrogens (tertiary/aromatic N) is 3. The molecule has 0 radical (unpaired) electrons. The maximum Gasteiger partial charge on any atom is 0.320 e. The molecule has 2 aliphatic heterocycles. The molecule has 5 nitrogen and oxygen atoms in total. The first-order valence-electron chi connectivity index (χ1n) is 7.50. The van der Waals surface area contributed by atoms with Crippen molar-refractivity contribution in [2.75, 3.05) is 57.3 Å². The number of amides is 2. The summed E-state index contributed by atoms with van der Waals surface area (Å²) in [5, 5.41) is 3.24. The van der Waals surface area contributed by atoms with Gasteiger partial charge in [-0.1, -0.05) is 12.1 Å². The number of hydrogen-bond acceptors (Lipinski definition) is 3. The lowest BCUT2D eigenvalue weighted by molar-refractivity contribution is 0.144. The van der Waals surface area contributed by atoms with Gasteiger partial charge in [0.25, 0.3) is 0 Å². The summed E-state index contributed by atoms with van der Waals surface area (Å²) in [5.74, 6) is -0.195. The number of carbonyl (C=O) groups excluding carboxylic acids is 1. The van der Waals surface area contributed by atoms with Gasteiger partial charge >= 0.3 is 6.03 Å². The first-order chi connectivity index (χ1) is 10.3. The van der Waals surface area contributed by atoms with E-state index in [4.69, 9.17) is 0 Å². The van der Waals surface area contributed by atoms with E-state index in [9.17, 15) is 9.18 Å². The molecule has 2 amide bonds. The minimum Gasteiger partial charge on any atom is -0.366 e. The predicted octanol–water partition coefficient (Wildman–Crippen LogP) is 0.973. The number of nitrogens with one attached hydrogen (secondary N) is 1. The van der Waals surface area contributed by atoms with Crippen LogP contribution in [0.1, 0.15) is 0 Å². The van der Waals surface area contributed by atoms with Gasteiger partial charge in [-0.3, -0.25) is 0 Å². The van der Waals surface area contributed by atoms with Gasteiger partial charge in [-0.2, -0.15) is 0 Å². The molecule has 0 aromatic heterocycles. The van der Waals surface area contributed by atoms with E-state index in [2.05, 4.69) is 5.32 Å². The number of piperazine rings is 2. The van der Waals surface area contributed by atoms with Crippen molar-refractivity contribution in [2.45, 2.75) is 0 Å². The smallest absolute Gasteiger partial charge is 0.320 e. The third-order valence-electron chi connectivity index (χ3n) is 4.13. The first-order valence-corrected chi connectivity index (χ1v) is 7.50. The van der Waals surface area contributed by atoms with Gasteiger partial charge in [0.05, 0.1) is 5.69 Å². The third kappa shape index (κ3) is 3.10. The molecule has 0 aliphatic carbocycles. The van der Waals surface area contributed by atoms with Crippen molar-refractivity contribution in [3.63, 3.8) is 0 Å². The van der Waals surface area contributed by atoms with Crippen molar-refractivity contribution < 1.29 is 9.18 Å². The second-order valence-corrected chi connectivity index (χ2v) is 5.45. The van der Waals surface area contributed by atoms with Crippen molar-refractivity contribution in [3.05, 3.63) is 30.1 Å². The molecule has 1 aromatic carbocycles. The van der Waals surface area contributed by atoms with E-state index in [-0.39, 0.29) is 11.8 Å². The monoisotopic (exact) mass is 292 g/mol. The highest BCUT2D eigenvalue weighted by Gasteiger charge is 2.26. The summed E-state index contributed by atoms with van der Waals surface area (Å²) in [6.45, 7) is 5.92. The Morgan fingerprint density at radius 2 is 1.57 bits per heavy atom. The van der Waals surface area contributed by atoms with Crippen LogP contribution >= 0.6 is 0 Å². The summed E-state index contributed by atoms with van der Waals surface area (Å²) in [7, 11) is 0. The summed E-state index contributed by atoms with van der Waals surface area (Å²) < 4.78 is 13.8. The fourth-order valence-corrected chi connectivity index (χ4v) is 2.90. The molecule has 1 N–H and O–H groups in total. The zero-order chi connectivity index (χ0) is 14.7. The minimum atomic E-state index is -0.195. The lowest BCUT2D eigenvalue weighted by Crippen LogP contribution is -2.56. The number of benzene rings is 1. The molecule has 0 unspecified atom stereocenters. The number of halogens is 1. The molecule has 21 heavy (non-hydrogen) atoms. The maximum absolute atomic E-state index is 13.8. The standard InChI is InChI=1S/C15H21FN4O/c16-13-3-1-2-4-14(13)18-9-11-20(12-10-18)15(21)19-7-5-17-6-8-19/h1-4,17H,5-12H2. The largest absolute Gasteiger partial charge is 0.366 e. The van der Waals surface area contributed by atoms with Crippen molar-refractivity contribution >= 4 is 11.7 Å². The molecule has 2 heterocycles. The molecule has 0 saturated carbocycles. The molecule has 2 saturated heterocycles. The van der Waals surface area contributed by atoms with Crippen LogP contribution in [0.25, 0.3) is 0 Å². The van der Waals surface area contributed by atoms with Crippen molar-refractivity contribution in [1.82, 2.24) is 15.1 Å². The van der Waals surface area contributed by atoms with Gasteiger partial charge in [0.1, 0.15) is 5.82 Å². The molecule has 0 spiro atoms. The van der Waals surface area contributed by atoms with Crippen molar-refractivity contribution in [3.8, 4) is 0 Å². The van der Waals surface area contributed by atoms with Crippen LogP contribution in [0.2, 0.25) is 0 Å². The molecule has 114 valence electrons. The molecule has 6 heteroatoms. The van der Waals surface area contributed by atoms with E-state index < -0.39 is 0 Å². The molecule has 0 atom stereocenters. The van der Waals surface area contributed by atoms with Gasteiger partial charge in [0.15, 0.2) is 0 Å². The topological polar surface area (TPSA) is 38.8 Å². The van der Waals surface area contributed by atoms with Crippen molar-refractivity contribution in [1.29, 1.82) is 0 Å². The first kappa shape index (κ1) is 14.1. The van der Waals surface area contributed by atoms with E-state index in [1.54, 1.807) is 12.1 Å². The average Bonchev–Trinajstić information content (AvgIpc) is 2.56. The molecule has 2 fully saturated rings. The normalized spacial score (nSPS) is 19.8. The average molecular weight is 292 g/mol. The number of para-hydroxylation sites is 1. The minimum absolute atomic E-state index is 0.115. The third-order valence-corrected chi connectivity index (χ3v) is 4.13. The van der Waals surface area contributed by atoms with Crippen LogP contribution in [0.5, 0.6) is 0 Å². The maximum atomic E-state index is 13.8. The van der Waals surface area contributed by atoms with Gasteiger partial charge in [-0.25, -0.2) is 9.18 Å². The highest BCUT2D eigenvalue weighted by molar-refractivity contribution is 5.75. The van der Waals surface area contributed by atoms with Gasteiger partial charge in [-0.05, 0) is 12.1 Å². The van der Waals surface area contributed by atoms with E-state index in [0.717, 1.165) is 26.2 Å². The van der Waals surface area contributed by atoms with Gasteiger partial charge < -0.3 is 20.0 Å². The number of rotatable bonds is 1. The number of urea groups is 1. The van der Waals surface area contributed by atoms with Crippen LogP contribution in [0, 0.1) is 5.82 Å². The summed E-state index contributed by atoms with van der Waals surface area (Å²) in [6, 6.07) is 6.93. The lowest BCUT2D eigenvalue weighted by atomic mass is 10.2. The Morgan fingerprint density at radius 3 is 2.24 bits per heavy atom. The lowest BCUT2D eigenvalue weighted by Gasteiger charge is -2.39. The van der Waals surface area contributed by atoms with Crippen LogP contribution in [-0.2, 0) is 0 Å². The molecule has 0 bridgehead atoms. The molecular formula is C15H21FN4O. The Bertz CT molecular complexity index is 496. The zero-order valence-corrected chi connectivity index (χ0v) is 12.1. The number of hydrogen-bond donors (Lipinski definition) is 1. The SMILES string of the molecule is O=C(N1CCNCC1)N1CCN(c2ccccc2F)CC1. The van der Waals surface area contributed by atoms with E-state index >= 15 is 0 Å². The van der Waals surface area contributed by atoms with E-state index in [0.29, 0.717) is 31.9 Å². The molecule has 1 aromatic rings. The molecule has 3 rings (SSSR count). The van der Waals surface area contributed by atoms with E-state index in [1.807, 2.05) is 20.8 Å². The number of anilines is 1. The van der Waals surface area contributed by atoms with Crippen LogP contribution in [-0.4, -0.2) is 68.2 Å².